The molecule has 1 heterocycles. The molecule has 0 bridgehead atoms. The summed E-state index contributed by atoms with van der Waals surface area (Å²) < 4.78 is 22.1. The molecule has 2 heteroatoms. The van der Waals surface area contributed by atoms with E-state index in [0.717, 1.165) is 4.68 Å². The van der Waals surface area contributed by atoms with Crippen molar-refractivity contribution in [3.63, 3.8) is 0 Å². The number of hydrogen-bond acceptors (Lipinski definition) is 1. The molecule has 0 unspecified atom stereocenters. The Balaban J connectivity index is 3.22. The lowest BCUT2D eigenvalue weighted by Crippen LogP contribution is -1.92. The zero-order chi connectivity index (χ0) is 9.35. The fourth-order valence-corrected chi connectivity index (χ4v) is 0.551. The van der Waals surface area contributed by atoms with Gasteiger partial charge in [-0.15, -0.1) is 6.42 Å². The van der Waals surface area contributed by atoms with Crippen molar-refractivity contribution in [1.82, 2.24) is 9.78 Å². The van der Waals surface area contributed by atoms with Crippen LogP contribution in [0.3, 0.4) is 0 Å². The van der Waals surface area contributed by atoms with E-state index in [1.807, 2.05) is 0 Å². The van der Waals surface area contributed by atoms with Gasteiger partial charge in [0.15, 0.2) is 0 Å². The minimum atomic E-state index is -2.24. The molecule has 0 aliphatic carbocycles. The predicted molar refractivity (Wildman–Crippen MR) is 35.9 cm³/mol. The molecule has 0 radical (unpaired) electrons. The van der Waals surface area contributed by atoms with E-state index in [2.05, 4.69) is 11.0 Å². The zero-order valence-corrected chi connectivity index (χ0v) is 5.05. The Kier molecular flexibility index (Phi) is 0.663. The van der Waals surface area contributed by atoms with Gasteiger partial charge < -0.3 is 0 Å². The summed E-state index contributed by atoms with van der Waals surface area (Å²) in [4.78, 5) is 0. The van der Waals surface area contributed by atoms with E-state index in [0.29, 0.717) is 11.3 Å². The van der Waals surface area contributed by atoms with Gasteiger partial charge in [0.1, 0.15) is 0 Å². The maximum absolute atomic E-state index is 7.07. The highest BCUT2D eigenvalue weighted by Crippen LogP contribution is 2.01. The highest BCUT2D eigenvalue weighted by Gasteiger charge is 1.96. The molecule has 0 amide bonds. The lowest BCUT2D eigenvalue weighted by molar-refractivity contribution is 0.740. The minimum Gasteiger partial charge on any atom is -0.272 e. The van der Waals surface area contributed by atoms with Crippen LogP contribution in [0.1, 0.15) is 15.4 Å². The average Bonchev–Trinajstić information content (AvgIpc) is 2.29. The van der Waals surface area contributed by atoms with Gasteiger partial charge in [0.25, 0.3) is 0 Å². The van der Waals surface area contributed by atoms with Crippen molar-refractivity contribution >= 4 is 0 Å². The third-order valence-electron chi connectivity index (χ3n) is 1.17. The molecule has 0 saturated carbocycles. The first-order valence-corrected chi connectivity index (χ1v) is 2.48. The zero-order valence-electron chi connectivity index (χ0n) is 8.05. The van der Waals surface area contributed by atoms with Crippen LogP contribution in [-0.2, 0) is 6.98 Å². The maximum atomic E-state index is 7.07. The van der Waals surface area contributed by atoms with Crippen molar-refractivity contribution < 1.29 is 4.11 Å². The van der Waals surface area contributed by atoms with Crippen LogP contribution in [-0.4, -0.2) is 9.78 Å². The Labute approximate surface area is 58.7 Å². The topological polar surface area (TPSA) is 17.8 Å². The van der Waals surface area contributed by atoms with E-state index < -0.39 is 6.98 Å². The molecule has 1 aromatic rings. The first-order chi connectivity index (χ1) is 5.46. The van der Waals surface area contributed by atoms with Crippen molar-refractivity contribution in [3.05, 3.63) is 17.5 Å². The highest BCUT2D eigenvalue weighted by molar-refractivity contribution is 5.33. The Morgan fingerprint density at radius 2 is 2.78 bits per heavy atom. The summed E-state index contributed by atoms with van der Waals surface area (Å²) in [5, 5.41) is 3.67. The third-order valence-corrected chi connectivity index (χ3v) is 1.17. The van der Waals surface area contributed by atoms with Crippen LogP contribution < -0.4 is 0 Å². The van der Waals surface area contributed by atoms with Crippen LogP contribution in [0.2, 0.25) is 0 Å². The molecule has 1 aromatic heterocycles. The summed E-state index contributed by atoms with van der Waals surface area (Å²) in [6, 6.07) is 0. The smallest absolute Gasteiger partial charge is 0.0651 e. The second-order valence-corrected chi connectivity index (χ2v) is 1.70. The van der Waals surface area contributed by atoms with Gasteiger partial charge in [-0.05, 0) is 6.92 Å². The normalized spacial score (nSPS) is 15.3. The summed E-state index contributed by atoms with van der Waals surface area (Å²) in [5.74, 6) is 2.35. The van der Waals surface area contributed by atoms with E-state index in [9.17, 15) is 0 Å². The van der Waals surface area contributed by atoms with Crippen LogP contribution in [0.4, 0.5) is 0 Å². The van der Waals surface area contributed by atoms with Crippen molar-refractivity contribution in [3.8, 4) is 12.3 Å². The average molecular weight is 123 g/mol. The lowest BCUT2D eigenvalue weighted by Gasteiger charge is -1.90. The molecule has 0 spiro atoms. The second-order valence-electron chi connectivity index (χ2n) is 1.70. The fourth-order valence-electron chi connectivity index (χ4n) is 0.551. The summed E-state index contributed by atoms with van der Waals surface area (Å²) in [7, 11) is 0. The largest absolute Gasteiger partial charge is 0.272 e. The molecule has 1 rings (SSSR count). The number of aromatic nitrogens is 2. The fraction of sp³-hybridized carbons (Fsp3) is 0.286. The summed E-state index contributed by atoms with van der Waals surface area (Å²) in [5.41, 5.74) is 1.02. The Morgan fingerprint density at radius 3 is 3.11 bits per heavy atom. The van der Waals surface area contributed by atoms with Crippen LogP contribution in [0.15, 0.2) is 6.20 Å². The van der Waals surface area contributed by atoms with E-state index >= 15 is 0 Å². The lowest BCUT2D eigenvalue weighted by atomic mass is 10.3. The molecular formula is C7H8N2. The first-order valence-electron chi connectivity index (χ1n) is 3.98. The Morgan fingerprint density at radius 1 is 2.00 bits per heavy atom. The van der Waals surface area contributed by atoms with E-state index in [1.54, 1.807) is 6.92 Å². The van der Waals surface area contributed by atoms with Gasteiger partial charge in [-0.2, -0.15) is 5.10 Å². The van der Waals surface area contributed by atoms with E-state index in [-0.39, 0.29) is 0 Å². The van der Waals surface area contributed by atoms with Gasteiger partial charge >= 0.3 is 0 Å². The summed E-state index contributed by atoms with van der Waals surface area (Å²) >= 11 is 0. The van der Waals surface area contributed by atoms with Crippen LogP contribution in [0.5, 0.6) is 0 Å². The van der Waals surface area contributed by atoms with Crippen molar-refractivity contribution in [2.45, 2.75) is 6.92 Å². The highest BCUT2D eigenvalue weighted by atomic mass is 15.3. The van der Waals surface area contributed by atoms with Crippen LogP contribution in [0, 0.1) is 19.3 Å². The Bertz CT molecular complexity index is 329. The molecular weight excluding hydrogens is 112 g/mol. The van der Waals surface area contributed by atoms with E-state index in [1.165, 1.54) is 6.20 Å². The predicted octanol–water partition coefficient (Wildman–Crippen LogP) is 0.710. The molecule has 2 nitrogen and oxygen atoms in total. The molecule has 0 aliphatic heterocycles. The number of aryl methyl sites for hydroxylation is 1. The monoisotopic (exact) mass is 123 g/mol. The van der Waals surface area contributed by atoms with Gasteiger partial charge in [0.2, 0.25) is 0 Å². The third kappa shape index (κ3) is 0.812. The molecule has 0 saturated heterocycles. The number of rotatable bonds is 0. The molecule has 0 atom stereocenters. The number of nitrogens with zero attached hydrogens (tertiary/aromatic N) is 2. The minimum absolute atomic E-state index is 0.498. The maximum Gasteiger partial charge on any atom is 0.0651 e. The molecule has 0 aliphatic rings. The van der Waals surface area contributed by atoms with Gasteiger partial charge in [-0.25, -0.2) is 0 Å². The summed E-state index contributed by atoms with van der Waals surface area (Å²) in [6.45, 7) is -0.603. The van der Waals surface area contributed by atoms with Gasteiger partial charge in [-0.1, -0.05) is 5.92 Å². The standard InChI is InChI=1S/C7H8N2/c1-4-7-5-8-9(3)6(7)2/h1,5H,2-3H3/i3D3. The molecule has 9 heavy (non-hydrogen) atoms. The SMILES string of the molecule is [2H]C([2H])([2H])n1ncc(C#C)c1C. The van der Waals surface area contributed by atoms with Crippen LogP contribution >= 0.6 is 0 Å². The van der Waals surface area contributed by atoms with Gasteiger partial charge in [0, 0.05) is 11.1 Å². The van der Waals surface area contributed by atoms with Gasteiger partial charge in [-0.3, -0.25) is 4.68 Å². The van der Waals surface area contributed by atoms with E-state index in [4.69, 9.17) is 10.5 Å². The van der Waals surface area contributed by atoms with Crippen LogP contribution in [0.25, 0.3) is 0 Å². The van der Waals surface area contributed by atoms with Crippen molar-refractivity contribution in [2.24, 2.45) is 6.98 Å². The van der Waals surface area contributed by atoms with Gasteiger partial charge in [0.05, 0.1) is 17.5 Å². The van der Waals surface area contributed by atoms with Crippen molar-refractivity contribution in [2.75, 3.05) is 0 Å². The molecule has 0 fully saturated rings. The Hall–Kier alpha value is -1.23. The molecule has 46 valence electrons. The second kappa shape index (κ2) is 1.94. The quantitative estimate of drug-likeness (QED) is 0.464. The molecule has 0 N–H and O–H groups in total. The first kappa shape index (κ1) is 3.07. The number of terminal acetylenes is 1. The number of hydrogen-bond donors (Lipinski definition) is 0. The molecule has 0 aromatic carbocycles. The van der Waals surface area contributed by atoms with Crippen molar-refractivity contribution in [1.29, 1.82) is 0 Å². The summed E-state index contributed by atoms with van der Waals surface area (Å²) in [6.07, 6.45) is 6.50.